The van der Waals surface area contributed by atoms with Crippen LogP contribution in [0.4, 0.5) is 18.9 Å². The first kappa shape index (κ1) is 15.8. The minimum atomic E-state index is -4.81. The van der Waals surface area contributed by atoms with Crippen molar-refractivity contribution in [2.45, 2.75) is 24.5 Å². The monoisotopic (exact) mass is 320 g/mol. The van der Waals surface area contributed by atoms with Crippen LogP contribution in [0.15, 0.2) is 18.2 Å². The third-order valence-electron chi connectivity index (χ3n) is 3.01. The molecule has 1 unspecified atom stereocenters. The third kappa shape index (κ3) is 4.73. The Morgan fingerprint density at radius 2 is 2.24 bits per heavy atom. The van der Waals surface area contributed by atoms with Crippen molar-refractivity contribution in [1.82, 2.24) is 5.32 Å². The quantitative estimate of drug-likeness (QED) is 0.837. The summed E-state index contributed by atoms with van der Waals surface area (Å²) in [5, 5.41) is 3.16. The van der Waals surface area contributed by atoms with Gasteiger partial charge in [-0.25, -0.2) is 0 Å². The fraction of sp³-hybridized carbons (Fsp3) is 0.462. The van der Waals surface area contributed by atoms with Crippen molar-refractivity contribution in [3.05, 3.63) is 23.8 Å². The number of ether oxygens (including phenoxy) is 1. The van der Waals surface area contributed by atoms with Gasteiger partial charge >= 0.3 is 6.36 Å². The van der Waals surface area contributed by atoms with Gasteiger partial charge in [-0.3, -0.25) is 4.79 Å². The zero-order valence-corrected chi connectivity index (χ0v) is 11.9. The molecule has 1 aliphatic rings. The van der Waals surface area contributed by atoms with Gasteiger partial charge in [0, 0.05) is 17.4 Å². The van der Waals surface area contributed by atoms with Crippen LogP contribution < -0.4 is 15.8 Å². The van der Waals surface area contributed by atoms with Gasteiger partial charge in [0.1, 0.15) is 0 Å². The number of anilines is 1. The molecule has 1 fully saturated rings. The maximum atomic E-state index is 12.1. The molecular weight excluding hydrogens is 305 g/mol. The van der Waals surface area contributed by atoms with Crippen molar-refractivity contribution >= 4 is 23.4 Å². The highest BCUT2D eigenvalue weighted by Crippen LogP contribution is 2.29. The number of halogens is 3. The molecule has 1 aromatic rings. The molecule has 116 valence electrons. The van der Waals surface area contributed by atoms with Crippen LogP contribution in [-0.4, -0.2) is 29.8 Å². The lowest BCUT2D eigenvalue weighted by atomic mass is 10.1. The molecule has 0 aliphatic carbocycles. The number of hydrogen-bond acceptors (Lipinski definition) is 4. The number of nitrogen functional groups attached to an aromatic ring is 1. The number of nitrogens with two attached hydrogens (primary N) is 1. The Kier molecular flexibility index (Phi) is 4.87. The number of carbonyl (C=O) groups is 1. The molecule has 2 rings (SSSR count). The minimum absolute atomic E-state index is 0.213. The molecule has 0 saturated carbocycles. The molecule has 1 saturated heterocycles. The zero-order valence-electron chi connectivity index (χ0n) is 11.1. The second kappa shape index (κ2) is 6.46. The fourth-order valence-electron chi connectivity index (χ4n) is 2.02. The van der Waals surface area contributed by atoms with Gasteiger partial charge in [0.05, 0.1) is 5.69 Å². The second-order valence-corrected chi connectivity index (χ2v) is 6.05. The van der Waals surface area contributed by atoms with Gasteiger partial charge in [-0.2, -0.15) is 11.8 Å². The van der Waals surface area contributed by atoms with Crippen LogP contribution >= 0.6 is 11.8 Å². The van der Waals surface area contributed by atoms with Crippen LogP contribution in [0, 0.1) is 0 Å². The van der Waals surface area contributed by atoms with Crippen molar-refractivity contribution in [1.29, 1.82) is 0 Å². The lowest BCUT2D eigenvalue weighted by molar-refractivity contribution is -0.274. The number of alkyl halides is 3. The molecule has 1 aromatic carbocycles. The number of rotatable bonds is 4. The predicted molar refractivity (Wildman–Crippen MR) is 75.4 cm³/mol. The summed E-state index contributed by atoms with van der Waals surface area (Å²) in [5.41, 5.74) is 5.46. The maximum Gasteiger partial charge on any atom is 0.573 e. The summed E-state index contributed by atoms with van der Waals surface area (Å²) < 4.78 is 40.1. The Morgan fingerprint density at radius 3 is 2.81 bits per heavy atom. The van der Waals surface area contributed by atoms with Crippen molar-refractivity contribution in [3.63, 3.8) is 0 Å². The Bertz CT molecular complexity index is 517. The van der Waals surface area contributed by atoms with Gasteiger partial charge in [0.25, 0.3) is 5.91 Å². The highest BCUT2D eigenvalue weighted by molar-refractivity contribution is 8.00. The van der Waals surface area contributed by atoms with E-state index in [4.69, 9.17) is 5.73 Å². The van der Waals surface area contributed by atoms with Crippen molar-refractivity contribution in [2.75, 3.05) is 18.0 Å². The first-order valence-corrected chi connectivity index (χ1v) is 7.45. The zero-order chi connectivity index (χ0) is 15.5. The Balaban J connectivity index is 1.96. The molecule has 0 bridgehead atoms. The molecule has 8 heteroatoms. The normalized spacial score (nSPS) is 18.5. The largest absolute Gasteiger partial charge is 0.573 e. The predicted octanol–water partition coefficient (Wildman–Crippen LogP) is 2.79. The van der Waals surface area contributed by atoms with E-state index in [-0.39, 0.29) is 17.2 Å². The van der Waals surface area contributed by atoms with Gasteiger partial charge in [-0.1, -0.05) is 0 Å². The lowest BCUT2D eigenvalue weighted by Crippen LogP contribution is -2.29. The average molecular weight is 320 g/mol. The third-order valence-corrected chi connectivity index (χ3v) is 4.41. The maximum absolute atomic E-state index is 12.1. The SMILES string of the molecule is Nc1cc(C(=O)NCC2CCCS2)ccc1OC(F)(F)F. The van der Waals surface area contributed by atoms with E-state index in [1.54, 1.807) is 0 Å². The van der Waals surface area contributed by atoms with E-state index >= 15 is 0 Å². The number of nitrogens with one attached hydrogen (secondary N) is 1. The fourth-order valence-corrected chi connectivity index (χ4v) is 3.22. The number of benzene rings is 1. The molecule has 1 atom stereocenters. The van der Waals surface area contributed by atoms with Crippen LogP contribution in [0.3, 0.4) is 0 Å². The second-order valence-electron chi connectivity index (χ2n) is 4.65. The van der Waals surface area contributed by atoms with Crippen LogP contribution in [0.5, 0.6) is 5.75 Å². The summed E-state index contributed by atoms with van der Waals surface area (Å²) in [4.78, 5) is 11.9. The van der Waals surface area contributed by atoms with Crippen LogP contribution in [0.25, 0.3) is 0 Å². The Hall–Kier alpha value is -1.57. The van der Waals surface area contributed by atoms with Gasteiger partial charge < -0.3 is 15.8 Å². The van der Waals surface area contributed by atoms with Gasteiger partial charge in [0.2, 0.25) is 0 Å². The molecule has 1 amide bonds. The lowest BCUT2D eigenvalue weighted by Gasteiger charge is -2.13. The molecule has 0 spiro atoms. The molecule has 4 nitrogen and oxygen atoms in total. The highest BCUT2D eigenvalue weighted by Gasteiger charge is 2.32. The van der Waals surface area contributed by atoms with E-state index < -0.39 is 12.1 Å². The van der Waals surface area contributed by atoms with E-state index in [1.165, 1.54) is 12.1 Å². The number of thioether (sulfide) groups is 1. The molecule has 3 N–H and O–H groups in total. The van der Waals surface area contributed by atoms with Crippen molar-refractivity contribution in [3.8, 4) is 5.75 Å². The standard InChI is InChI=1S/C13H15F3N2O2S/c14-13(15,16)20-11-4-3-8(6-10(11)17)12(19)18-7-9-2-1-5-21-9/h3-4,6,9H,1-2,5,7,17H2,(H,18,19). The van der Waals surface area contributed by atoms with Crippen molar-refractivity contribution in [2.24, 2.45) is 0 Å². The number of hydrogen-bond donors (Lipinski definition) is 2. The first-order chi connectivity index (χ1) is 9.85. The van der Waals surface area contributed by atoms with E-state index in [0.717, 1.165) is 24.7 Å². The van der Waals surface area contributed by atoms with Crippen molar-refractivity contribution < 1.29 is 22.7 Å². The molecule has 1 heterocycles. The van der Waals surface area contributed by atoms with Crippen LogP contribution in [0.2, 0.25) is 0 Å². The summed E-state index contributed by atoms with van der Waals surface area (Å²) in [7, 11) is 0. The molecule has 0 radical (unpaired) electrons. The van der Waals surface area contributed by atoms with Gasteiger partial charge in [0.15, 0.2) is 5.75 Å². The molecule has 21 heavy (non-hydrogen) atoms. The van der Waals surface area contributed by atoms with Gasteiger partial charge in [-0.05, 0) is 36.8 Å². The summed E-state index contributed by atoms with van der Waals surface area (Å²) >= 11 is 1.81. The molecule has 1 aliphatic heterocycles. The average Bonchev–Trinajstić information content (AvgIpc) is 2.90. The summed E-state index contributed by atoms with van der Waals surface area (Å²) in [5.74, 6) is 0.231. The van der Waals surface area contributed by atoms with E-state index in [0.29, 0.717) is 11.8 Å². The minimum Gasteiger partial charge on any atom is -0.404 e. The topological polar surface area (TPSA) is 64.4 Å². The Morgan fingerprint density at radius 1 is 1.48 bits per heavy atom. The highest BCUT2D eigenvalue weighted by atomic mass is 32.2. The number of carbonyl (C=O) groups excluding carboxylic acids is 1. The van der Waals surface area contributed by atoms with Gasteiger partial charge in [-0.15, -0.1) is 13.2 Å². The molecule has 0 aromatic heterocycles. The van der Waals surface area contributed by atoms with E-state index in [9.17, 15) is 18.0 Å². The van der Waals surface area contributed by atoms with Crippen LogP contribution in [-0.2, 0) is 0 Å². The van der Waals surface area contributed by atoms with Crippen LogP contribution in [0.1, 0.15) is 23.2 Å². The number of amides is 1. The van der Waals surface area contributed by atoms with E-state index in [2.05, 4.69) is 10.1 Å². The van der Waals surface area contributed by atoms with E-state index in [1.807, 2.05) is 11.8 Å². The Labute approximate surface area is 124 Å². The first-order valence-electron chi connectivity index (χ1n) is 6.40. The molecular formula is C13H15F3N2O2S. The summed E-state index contributed by atoms with van der Waals surface area (Å²) in [6.45, 7) is 0.546. The summed E-state index contributed by atoms with van der Waals surface area (Å²) in [6, 6.07) is 3.48. The summed E-state index contributed by atoms with van der Waals surface area (Å²) in [6.07, 6.45) is -2.61. The smallest absolute Gasteiger partial charge is 0.404 e.